The Balaban J connectivity index is 2.62. The van der Waals surface area contributed by atoms with Gasteiger partial charge in [-0.05, 0) is 40.8 Å². The van der Waals surface area contributed by atoms with Crippen molar-refractivity contribution < 1.29 is 14.7 Å². The summed E-state index contributed by atoms with van der Waals surface area (Å²) < 4.78 is 0. The molecule has 2 N–H and O–H groups in total. The van der Waals surface area contributed by atoms with Gasteiger partial charge >= 0.3 is 12.0 Å². The van der Waals surface area contributed by atoms with E-state index in [0.717, 1.165) is 12.8 Å². The van der Waals surface area contributed by atoms with Gasteiger partial charge in [0.25, 0.3) is 0 Å². The summed E-state index contributed by atoms with van der Waals surface area (Å²) in [7, 11) is 4.07. The number of amides is 2. The minimum atomic E-state index is -0.989. The van der Waals surface area contributed by atoms with E-state index in [1.807, 2.05) is 27.9 Å². The van der Waals surface area contributed by atoms with E-state index in [2.05, 4.69) is 10.2 Å². The fourth-order valence-corrected chi connectivity index (χ4v) is 2.79. The van der Waals surface area contributed by atoms with Crippen LogP contribution < -0.4 is 5.32 Å². The van der Waals surface area contributed by atoms with Crippen molar-refractivity contribution in [2.45, 2.75) is 51.1 Å². The molecule has 0 spiro atoms. The smallest absolute Gasteiger partial charge is 0.323 e. The second kappa shape index (κ2) is 6.92. The zero-order valence-corrected chi connectivity index (χ0v) is 13.0. The van der Waals surface area contributed by atoms with Gasteiger partial charge in [0.15, 0.2) is 0 Å². The predicted octanol–water partition coefficient (Wildman–Crippen LogP) is 1.37. The van der Waals surface area contributed by atoms with Gasteiger partial charge in [0.1, 0.15) is 6.54 Å². The zero-order chi connectivity index (χ0) is 15.3. The summed E-state index contributed by atoms with van der Waals surface area (Å²) in [6, 6.07) is -0.430. The fourth-order valence-electron chi connectivity index (χ4n) is 2.79. The highest BCUT2D eigenvalue weighted by Crippen LogP contribution is 2.33. The molecule has 1 rings (SSSR count). The molecule has 0 aromatic carbocycles. The molecule has 0 aromatic heterocycles. The first-order chi connectivity index (χ1) is 9.28. The Hall–Kier alpha value is -1.30. The van der Waals surface area contributed by atoms with Crippen LogP contribution in [0.4, 0.5) is 4.79 Å². The number of urea groups is 1. The molecule has 2 amide bonds. The van der Waals surface area contributed by atoms with Gasteiger partial charge in [-0.2, -0.15) is 0 Å². The Bertz CT molecular complexity index is 350. The molecule has 1 saturated carbocycles. The number of aliphatic carboxylic acids is 1. The number of nitrogens with one attached hydrogen (secondary N) is 1. The van der Waals surface area contributed by atoms with Crippen LogP contribution >= 0.6 is 0 Å². The highest BCUT2D eigenvalue weighted by Gasteiger charge is 2.36. The lowest BCUT2D eigenvalue weighted by Crippen LogP contribution is -2.54. The Morgan fingerprint density at radius 1 is 1.25 bits per heavy atom. The number of carboxylic acids is 1. The molecule has 0 aromatic rings. The number of likely N-dealkylation sites (N-methyl/N-ethyl adjacent to an activating group) is 1. The second-order valence-corrected chi connectivity index (χ2v) is 6.10. The van der Waals surface area contributed by atoms with Gasteiger partial charge in [0.2, 0.25) is 0 Å². The van der Waals surface area contributed by atoms with Gasteiger partial charge in [0.05, 0.1) is 0 Å². The molecule has 6 nitrogen and oxygen atoms in total. The SMILES string of the molecule is CC(C)N(CC(=O)O)C(=O)NCC1(N(C)C)CCCC1. The van der Waals surface area contributed by atoms with Crippen LogP contribution in [-0.2, 0) is 4.79 Å². The van der Waals surface area contributed by atoms with Crippen LogP contribution in [0.25, 0.3) is 0 Å². The summed E-state index contributed by atoms with van der Waals surface area (Å²) >= 11 is 0. The standard InChI is InChI=1S/C14H27N3O3/c1-11(2)17(9-12(18)19)13(20)15-10-14(16(3)4)7-5-6-8-14/h11H,5-10H2,1-4H3,(H,15,20)(H,18,19). The van der Waals surface area contributed by atoms with Gasteiger partial charge in [-0.3, -0.25) is 4.79 Å². The average molecular weight is 285 g/mol. The Morgan fingerprint density at radius 2 is 1.80 bits per heavy atom. The van der Waals surface area contributed by atoms with E-state index in [-0.39, 0.29) is 24.2 Å². The third-order valence-electron chi connectivity index (χ3n) is 4.24. The molecular weight excluding hydrogens is 258 g/mol. The topological polar surface area (TPSA) is 72.9 Å². The van der Waals surface area contributed by atoms with Gasteiger partial charge in [-0.25, -0.2) is 4.79 Å². The van der Waals surface area contributed by atoms with Crippen LogP contribution in [0.5, 0.6) is 0 Å². The molecule has 0 bridgehead atoms. The summed E-state index contributed by atoms with van der Waals surface area (Å²) in [5.41, 5.74) is 0.0154. The van der Waals surface area contributed by atoms with Crippen molar-refractivity contribution in [2.24, 2.45) is 0 Å². The van der Waals surface area contributed by atoms with E-state index in [1.165, 1.54) is 17.7 Å². The highest BCUT2D eigenvalue weighted by molar-refractivity contribution is 5.80. The van der Waals surface area contributed by atoms with Crippen LogP contribution in [-0.4, -0.2) is 65.7 Å². The van der Waals surface area contributed by atoms with Crippen LogP contribution in [0.3, 0.4) is 0 Å². The monoisotopic (exact) mass is 285 g/mol. The van der Waals surface area contributed by atoms with Crippen molar-refractivity contribution in [1.29, 1.82) is 0 Å². The van der Waals surface area contributed by atoms with Gasteiger partial charge in [-0.15, -0.1) is 0 Å². The van der Waals surface area contributed by atoms with Crippen molar-refractivity contribution in [3.8, 4) is 0 Å². The van der Waals surface area contributed by atoms with Crippen molar-refractivity contribution >= 4 is 12.0 Å². The highest BCUT2D eigenvalue weighted by atomic mass is 16.4. The van der Waals surface area contributed by atoms with Crippen LogP contribution in [0.2, 0.25) is 0 Å². The van der Waals surface area contributed by atoms with E-state index in [1.54, 1.807) is 0 Å². The Morgan fingerprint density at radius 3 is 2.20 bits per heavy atom. The molecule has 1 aliphatic carbocycles. The summed E-state index contributed by atoms with van der Waals surface area (Å²) in [5.74, 6) is -0.989. The van der Waals surface area contributed by atoms with E-state index < -0.39 is 5.97 Å². The number of hydrogen-bond acceptors (Lipinski definition) is 3. The fraction of sp³-hybridized carbons (Fsp3) is 0.857. The molecule has 0 radical (unpaired) electrons. The molecule has 0 unspecified atom stereocenters. The van der Waals surface area contributed by atoms with Crippen LogP contribution in [0.1, 0.15) is 39.5 Å². The number of nitrogens with zero attached hydrogens (tertiary/aromatic N) is 2. The summed E-state index contributed by atoms with van der Waals surface area (Å²) in [4.78, 5) is 26.5. The first-order valence-electron chi connectivity index (χ1n) is 7.22. The minimum absolute atomic E-state index is 0.0154. The lowest BCUT2D eigenvalue weighted by atomic mass is 9.96. The minimum Gasteiger partial charge on any atom is -0.480 e. The van der Waals surface area contributed by atoms with Crippen molar-refractivity contribution in [1.82, 2.24) is 15.1 Å². The Kier molecular flexibility index (Phi) is 5.80. The number of carbonyl (C=O) groups is 2. The molecule has 116 valence electrons. The normalized spacial score (nSPS) is 17.5. The van der Waals surface area contributed by atoms with E-state index in [9.17, 15) is 9.59 Å². The molecule has 20 heavy (non-hydrogen) atoms. The lowest BCUT2D eigenvalue weighted by molar-refractivity contribution is -0.138. The van der Waals surface area contributed by atoms with Crippen LogP contribution in [0, 0.1) is 0 Å². The van der Waals surface area contributed by atoms with E-state index in [0.29, 0.717) is 6.54 Å². The van der Waals surface area contributed by atoms with Crippen LogP contribution in [0.15, 0.2) is 0 Å². The average Bonchev–Trinajstić information content (AvgIpc) is 2.82. The van der Waals surface area contributed by atoms with Gasteiger partial charge < -0.3 is 20.2 Å². The van der Waals surface area contributed by atoms with Gasteiger partial charge in [-0.1, -0.05) is 12.8 Å². The van der Waals surface area contributed by atoms with Crippen molar-refractivity contribution in [3.63, 3.8) is 0 Å². The van der Waals surface area contributed by atoms with Gasteiger partial charge in [0, 0.05) is 18.1 Å². The maximum absolute atomic E-state index is 12.2. The summed E-state index contributed by atoms with van der Waals surface area (Å²) in [5, 5.41) is 11.8. The molecule has 0 atom stereocenters. The molecule has 1 fully saturated rings. The zero-order valence-electron chi connectivity index (χ0n) is 13.0. The molecule has 6 heteroatoms. The quantitative estimate of drug-likeness (QED) is 0.773. The summed E-state index contributed by atoms with van der Waals surface area (Å²) in [6.07, 6.45) is 4.50. The molecular formula is C14H27N3O3. The third kappa shape index (κ3) is 4.10. The first-order valence-corrected chi connectivity index (χ1v) is 7.22. The Labute approximate surface area is 121 Å². The predicted molar refractivity (Wildman–Crippen MR) is 77.8 cm³/mol. The largest absolute Gasteiger partial charge is 0.480 e. The maximum atomic E-state index is 12.2. The van der Waals surface area contributed by atoms with E-state index in [4.69, 9.17) is 5.11 Å². The number of carboxylic acid groups (broad SMARTS) is 1. The first kappa shape index (κ1) is 16.8. The summed E-state index contributed by atoms with van der Waals surface area (Å²) in [6.45, 7) is 3.94. The second-order valence-electron chi connectivity index (χ2n) is 6.10. The van der Waals surface area contributed by atoms with E-state index >= 15 is 0 Å². The lowest BCUT2D eigenvalue weighted by Gasteiger charge is -2.37. The third-order valence-corrected chi connectivity index (χ3v) is 4.24. The number of carbonyl (C=O) groups excluding carboxylic acids is 1. The molecule has 0 heterocycles. The van der Waals surface area contributed by atoms with Crippen molar-refractivity contribution in [2.75, 3.05) is 27.2 Å². The number of rotatable bonds is 6. The molecule has 0 aliphatic heterocycles. The van der Waals surface area contributed by atoms with Crippen molar-refractivity contribution in [3.05, 3.63) is 0 Å². The molecule has 0 saturated heterocycles. The number of hydrogen-bond donors (Lipinski definition) is 2. The molecule has 1 aliphatic rings. The maximum Gasteiger partial charge on any atom is 0.323 e.